The van der Waals surface area contributed by atoms with Crippen LogP contribution in [-0.4, -0.2) is 13.6 Å². The van der Waals surface area contributed by atoms with Gasteiger partial charge in [-0.1, -0.05) is 44.4 Å². The lowest BCUT2D eigenvalue weighted by atomic mass is 10.1. The summed E-state index contributed by atoms with van der Waals surface area (Å²) in [7, 11) is 2.14. The molecule has 0 saturated heterocycles. The summed E-state index contributed by atoms with van der Waals surface area (Å²) in [6.45, 7) is 7.70. The molecule has 0 aliphatic rings. The Kier molecular flexibility index (Phi) is 5.84. The van der Waals surface area contributed by atoms with Crippen LogP contribution >= 0.6 is 11.6 Å². The van der Waals surface area contributed by atoms with E-state index in [2.05, 4.69) is 44.0 Å². The highest BCUT2D eigenvalue weighted by Crippen LogP contribution is 2.22. The van der Waals surface area contributed by atoms with Gasteiger partial charge in [0.25, 0.3) is 0 Å². The van der Waals surface area contributed by atoms with Crippen LogP contribution in [0.1, 0.15) is 38.7 Å². The number of halogens is 1. The van der Waals surface area contributed by atoms with Gasteiger partial charge in [-0.15, -0.1) is 0 Å². The van der Waals surface area contributed by atoms with E-state index >= 15 is 0 Å². The number of anilines is 1. The Hall–Kier alpha value is -0.690. The van der Waals surface area contributed by atoms with Crippen LogP contribution < -0.4 is 4.90 Å². The highest BCUT2D eigenvalue weighted by Gasteiger charge is 2.03. The standard InChI is InChI=1S/C15H24ClN/c1-12(2)7-5-6-10-17(4)14-9-8-13(3)15(16)11-14/h8-9,11-12H,5-7,10H2,1-4H3. The van der Waals surface area contributed by atoms with Crippen molar-refractivity contribution in [3.8, 4) is 0 Å². The quantitative estimate of drug-likeness (QED) is 0.651. The maximum atomic E-state index is 6.13. The van der Waals surface area contributed by atoms with Crippen molar-refractivity contribution >= 4 is 17.3 Å². The lowest BCUT2D eigenvalue weighted by Gasteiger charge is -2.20. The molecule has 1 rings (SSSR count). The van der Waals surface area contributed by atoms with Crippen molar-refractivity contribution in [2.45, 2.75) is 40.0 Å². The zero-order chi connectivity index (χ0) is 12.8. The molecule has 1 nitrogen and oxygen atoms in total. The molecule has 1 aromatic rings. The van der Waals surface area contributed by atoms with Gasteiger partial charge >= 0.3 is 0 Å². The Labute approximate surface area is 111 Å². The minimum atomic E-state index is 0.814. The fourth-order valence-electron chi connectivity index (χ4n) is 1.85. The molecule has 2 heteroatoms. The maximum absolute atomic E-state index is 6.13. The molecule has 0 atom stereocenters. The van der Waals surface area contributed by atoms with Crippen molar-refractivity contribution in [1.29, 1.82) is 0 Å². The molecule has 0 N–H and O–H groups in total. The second-order valence-electron chi connectivity index (χ2n) is 5.24. The van der Waals surface area contributed by atoms with Crippen LogP contribution in [0, 0.1) is 12.8 Å². The van der Waals surface area contributed by atoms with Gasteiger partial charge in [0.1, 0.15) is 0 Å². The fraction of sp³-hybridized carbons (Fsp3) is 0.600. The zero-order valence-corrected chi connectivity index (χ0v) is 12.2. The molecule has 17 heavy (non-hydrogen) atoms. The van der Waals surface area contributed by atoms with Crippen molar-refractivity contribution in [3.63, 3.8) is 0 Å². The van der Waals surface area contributed by atoms with Gasteiger partial charge < -0.3 is 4.90 Å². The molecule has 0 aliphatic carbocycles. The number of nitrogens with zero attached hydrogens (tertiary/aromatic N) is 1. The van der Waals surface area contributed by atoms with Crippen LogP contribution in [0.3, 0.4) is 0 Å². The molecule has 0 fully saturated rings. The van der Waals surface area contributed by atoms with Gasteiger partial charge in [-0.3, -0.25) is 0 Å². The Morgan fingerprint density at radius 2 is 1.94 bits per heavy atom. The van der Waals surface area contributed by atoms with Crippen molar-refractivity contribution in [2.24, 2.45) is 5.92 Å². The second kappa shape index (κ2) is 6.90. The molecule has 0 aliphatic heterocycles. The van der Waals surface area contributed by atoms with Gasteiger partial charge in [-0.25, -0.2) is 0 Å². The summed E-state index contributed by atoms with van der Waals surface area (Å²) < 4.78 is 0. The first kappa shape index (κ1) is 14.4. The number of benzene rings is 1. The normalized spacial score (nSPS) is 10.9. The first-order chi connectivity index (χ1) is 8.00. The lowest BCUT2D eigenvalue weighted by Crippen LogP contribution is -2.18. The fourth-order valence-corrected chi connectivity index (χ4v) is 2.02. The van der Waals surface area contributed by atoms with Crippen molar-refractivity contribution in [3.05, 3.63) is 28.8 Å². The number of hydrogen-bond donors (Lipinski definition) is 0. The minimum Gasteiger partial charge on any atom is -0.375 e. The van der Waals surface area contributed by atoms with E-state index in [4.69, 9.17) is 11.6 Å². The first-order valence-electron chi connectivity index (χ1n) is 6.48. The number of aryl methyl sites for hydroxylation is 1. The highest BCUT2D eigenvalue weighted by molar-refractivity contribution is 6.31. The third kappa shape index (κ3) is 4.99. The molecule has 0 amide bonds. The third-order valence-electron chi connectivity index (χ3n) is 3.12. The molecule has 96 valence electrons. The summed E-state index contributed by atoms with van der Waals surface area (Å²) in [5.74, 6) is 0.814. The zero-order valence-electron chi connectivity index (χ0n) is 11.5. The Morgan fingerprint density at radius 1 is 1.24 bits per heavy atom. The molecule has 0 aromatic heterocycles. The summed E-state index contributed by atoms with van der Waals surface area (Å²) in [6, 6.07) is 6.28. The summed E-state index contributed by atoms with van der Waals surface area (Å²) >= 11 is 6.13. The van der Waals surface area contributed by atoms with E-state index in [1.807, 2.05) is 6.92 Å². The van der Waals surface area contributed by atoms with Crippen molar-refractivity contribution in [2.75, 3.05) is 18.5 Å². The molecule has 0 radical (unpaired) electrons. The van der Waals surface area contributed by atoms with Crippen LogP contribution in [0.4, 0.5) is 5.69 Å². The van der Waals surface area contributed by atoms with E-state index in [0.29, 0.717) is 0 Å². The molecular weight excluding hydrogens is 230 g/mol. The molecule has 0 saturated carbocycles. The predicted molar refractivity (Wildman–Crippen MR) is 78.1 cm³/mol. The molecule has 0 spiro atoms. The third-order valence-corrected chi connectivity index (χ3v) is 3.53. The van der Waals surface area contributed by atoms with Crippen molar-refractivity contribution in [1.82, 2.24) is 0 Å². The van der Waals surface area contributed by atoms with E-state index in [1.54, 1.807) is 0 Å². The Bertz CT molecular complexity index is 347. The lowest BCUT2D eigenvalue weighted by molar-refractivity contribution is 0.538. The monoisotopic (exact) mass is 253 g/mol. The van der Waals surface area contributed by atoms with Gasteiger partial charge in [0.05, 0.1) is 0 Å². The van der Waals surface area contributed by atoms with Crippen LogP contribution in [0.2, 0.25) is 5.02 Å². The Morgan fingerprint density at radius 3 is 2.53 bits per heavy atom. The average molecular weight is 254 g/mol. The predicted octanol–water partition coefficient (Wildman–Crippen LogP) is 4.91. The molecule has 1 aromatic carbocycles. The second-order valence-corrected chi connectivity index (χ2v) is 5.65. The topological polar surface area (TPSA) is 3.24 Å². The summed E-state index contributed by atoms with van der Waals surface area (Å²) in [5.41, 5.74) is 2.36. The molecule has 0 unspecified atom stereocenters. The number of rotatable bonds is 6. The van der Waals surface area contributed by atoms with Crippen LogP contribution in [-0.2, 0) is 0 Å². The summed E-state index contributed by atoms with van der Waals surface area (Å²) in [4.78, 5) is 2.28. The smallest absolute Gasteiger partial charge is 0.0455 e. The van der Waals surface area contributed by atoms with Gasteiger partial charge in [0.15, 0.2) is 0 Å². The number of unbranched alkanes of at least 4 members (excludes halogenated alkanes) is 1. The van der Waals surface area contributed by atoms with E-state index < -0.39 is 0 Å². The van der Waals surface area contributed by atoms with E-state index in [9.17, 15) is 0 Å². The van der Waals surface area contributed by atoms with Crippen molar-refractivity contribution < 1.29 is 0 Å². The van der Waals surface area contributed by atoms with Crippen LogP contribution in [0.15, 0.2) is 18.2 Å². The summed E-state index contributed by atoms with van der Waals surface area (Å²) in [6.07, 6.45) is 3.88. The summed E-state index contributed by atoms with van der Waals surface area (Å²) in [5, 5.41) is 0.858. The van der Waals surface area contributed by atoms with E-state index in [0.717, 1.165) is 23.0 Å². The van der Waals surface area contributed by atoms with E-state index in [-0.39, 0.29) is 0 Å². The van der Waals surface area contributed by atoms with Gasteiger partial charge in [0, 0.05) is 24.3 Å². The molecular formula is C15H24ClN. The largest absolute Gasteiger partial charge is 0.375 e. The minimum absolute atomic E-state index is 0.814. The maximum Gasteiger partial charge on any atom is 0.0455 e. The average Bonchev–Trinajstić information content (AvgIpc) is 2.27. The van der Waals surface area contributed by atoms with Crippen LogP contribution in [0.25, 0.3) is 0 Å². The SMILES string of the molecule is Cc1ccc(N(C)CCCCC(C)C)cc1Cl. The van der Waals surface area contributed by atoms with Gasteiger partial charge in [-0.2, -0.15) is 0 Å². The van der Waals surface area contributed by atoms with Crippen LogP contribution in [0.5, 0.6) is 0 Å². The van der Waals surface area contributed by atoms with Gasteiger partial charge in [0.2, 0.25) is 0 Å². The highest BCUT2D eigenvalue weighted by atomic mass is 35.5. The molecule has 0 heterocycles. The van der Waals surface area contributed by atoms with E-state index in [1.165, 1.54) is 24.9 Å². The van der Waals surface area contributed by atoms with Gasteiger partial charge in [-0.05, 0) is 37.0 Å². The molecule has 0 bridgehead atoms. The first-order valence-corrected chi connectivity index (χ1v) is 6.85. The Balaban J connectivity index is 2.41. The number of hydrogen-bond acceptors (Lipinski definition) is 1.